The molecule has 0 bridgehead atoms. The van der Waals surface area contributed by atoms with Crippen LogP contribution in [0.25, 0.3) is 22.4 Å². The summed E-state index contributed by atoms with van der Waals surface area (Å²) in [4.78, 5) is 23.3. The van der Waals surface area contributed by atoms with E-state index in [1.807, 2.05) is 20.8 Å². The largest absolute Gasteiger partial charge is 0.508 e. The number of aromatic hydroxyl groups is 1. The first-order valence-electron chi connectivity index (χ1n) is 12.0. The van der Waals surface area contributed by atoms with Crippen molar-refractivity contribution in [3.8, 4) is 23.0 Å². The Labute approximate surface area is 203 Å². The van der Waals surface area contributed by atoms with Crippen LogP contribution in [0.4, 0.5) is 4.79 Å². The van der Waals surface area contributed by atoms with Gasteiger partial charge in [-0.1, -0.05) is 0 Å². The number of hydrogen-bond acceptors (Lipinski definition) is 8. The molecule has 1 aromatic carbocycles. The third-order valence-electron chi connectivity index (χ3n) is 6.04. The smallest absolute Gasteiger partial charge is 0.410 e. The third-order valence-corrected chi connectivity index (χ3v) is 6.04. The lowest BCUT2D eigenvalue weighted by atomic mass is 10.0. The molecule has 0 spiro atoms. The summed E-state index contributed by atoms with van der Waals surface area (Å²) in [6, 6.07) is 6.74. The zero-order valence-electron chi connectivity index (χ0n) is 20.3. The van der Waals surface area contributed by atoms with Gasteiger partial charge in [-0.25, -0.2) is 14.5 Å². The minimum absolute atomic E-state index is 0.173. The van der Waals surface area contributed by atoms with Gasteiger partial charge in [-0.05, 0) is 64.3 Å². The van der Waals surface area contributed by atoms with E-state index in [0.29, 0.717) is 49.0 Å². The number of ether oxygens (including phenoxy) is 3. The van der Waals surface area contributed by atoms with Crippen molar-refractivity contribution in [2.45, 2.75) is 51.9 Å². The number of hydrogen-bond donors (Lipinski definition) is 1. The molecule has 5 rings (SSSR count). The van der Waals surface area contributed by atoms with Crippen molar-refractivity contribution in [2.24, 2.45) is 5.92 Å². The highest BCUT2D eigenvalue weighted by Crippen LogP contribution is 2.32. The van der Waals surface area contributed by atoms with E-state index < -0.39 is 5.60 Å². The Morgan fingerprint density at radius 2 is 1.94 bits per heavy atom. The summed E-state index contributed by atoms with van der Waals surface area (Å²) in [5, 5.41) is 15.0. The molecule has 0 radical (unpaired) electrons. The molecule has 4 heterocycles. The highest BCUT2D eigenvalue weighted by Gasteiger charge is 2.34. The summed E-state index contributed by atoms with van der Waals surface area (Å²) in [5.41, 5.74) is 0.888. The van der Waals surface area contributed by atoms with Crippen LogP contribution in [0.15, 0.2) is 30.5 Å². The molecular weight excluding hydrogens is 450 g/mol. The van der Waals surface area contributed by atoms with Crippen molar-refractivity contribution in [2.75, 3.05) is 26.3 Å². The average molecular weight is 482 g/mol. The van der Waals surface area contributed by atoms with Crippen LogP contribution in [-0.2, 0) is 9.47 Å². The van der Waals surface area contributed by atoms with Crippen LogP contribution >= 0.6 is 0 Å². The zero-order chi connectivity index (χ0) is 24.6. The monoisotopic (exact) mass is 481 g/mol. The molecule has 1 atom stereocenters. The lowest BCUT2D eigenvalue weighted by molar-refractivity contribution is -0.0370. The predicted octanol–water partition coefficient (Wildman–Crippen LogP) is 4.14. The number of aromatic nitrogens is 4. The van der Waals surface area contributed by atoms with Gasteiger partial charge in [0.15, 0.2) is 17.7 Å². The highest BCUT2D eigenvalue weighted by molar-refractivity contribution is 5.82. The quantitative estimate of drug-likeness (QED) is 0.579. The molecule has 186 valence electrons. The number of phenols is 1. The second kappa shape index (κ2) is 9.33. The molecule has 1 unspecified atom stereocenters. The second-order valence-electron chi connectivity index (χ2n) is 10.1. The van der Waals surface area contributed by atoms with E-state index in [1.165, 1.54) is 0 Å². The second-order valence-corrected chi connectivity index (χ2v) is 10.1. The minimum Gasteiger partial charge on any atom is -0.508 e. The predicted molar refractivity (Wildman–Crippen MR) is 128 cm³/mol. The molecule has 2 aromatic heterocycles. The normalized spacial score (nSPS) is 18.9. The van der Waals surface area contributed by atoms with Gasteiger partial charge in [0.1, 0.15) is 16.7 Å². The van der Waals surface area contributed by atoms with Gasteiger partial charge in [0.2, 0.25) is 5.88 Å². The molecule has 2 saturated heterocycles. The number of likely N-dealkylation sites (tertiary alicyclic amines) is 1. The number of benzene rings is 1. The van der Waals surface area contributed by atoms with Crippen LogP contribution in [0.2, 0.25) is 0 Å². The number of phenolic OH excluding ortho intramolecular Hbond substituents is 1. The number of fused-ring (bicyclic) bond motifs is 1. The Morgan fingerprint density at radius 3 is 2.63 bits per heavy atom. The van der Waals surface area contributed by atoms with Crippen LogP contribution in [-0.4, -0.2) is 67.8 Å². The number of carbonyl (C=O) groups is 1. The first-order valence-corrected chi connectivity index (χ1v) is 12.0. The fourth-order valence-corrected chi connectivity index (χ4v) is 4.22. The molecule has 2 aliphatic heterocycles. The van der Waals surface area contributed by atoms with E-state index in [2.05, 4.69) is 10.1 Å². The van der Waals surface area contributed by atoms with Gasteiger partial charge in [-0.15, -0.1) is 0 Å². The lowest BCUT2D eigenvalue weighted by Crippen LogP contribution is -2.53. The van der Waals surface area contributed by atoms with Crippen molar-refractivity contribution >= 4 is 17.1 Å². The van der Waals surface area contributed by atoms with E-state index >= 15 is 0 Å². The van der Waals surface area contributed by atoms with Gasteiger partial charge in [-0.3, -0.25) is 0 Å². The van der Waals surface area contributed by atoms with Crippen molar-refractivity contribution < 1.29 is 24.1 Å². The van der Waals surface area contributed by atoms with Crippen molar-refractivity contribution in [1.82, 2.24) is 24.6 Å². The van der Waals surface area contributed by atoms with E-state index in [4.69, 9.17) is 19.2 Å². The Morgan fingerprint density at radius 1 is 1.17 bits per heavy atom. The molecular formula is C25H31N5O5. The van der Waals surface area contributed by atoms with Crippen molar-refractivity contribution in [1.29, 1.82) is 0 Å². The molecule has 3 aromatic rings. The van der Waals surface area contributed by atoms with Crippen LogP contribution in [0.3, 0.4) is 0 Å². The van der Waals surface area contributed by atoms with Crippen LogP contribution in [0.5, 0.6) is 11.6 Å². The highest BCUT2D eigenvalue weighted by atomic mass is 16.6. The minimum atomic E-state index is -0.516. The van der Waals surface area contributed by atoms with E-state index in [1.54, 1.807) is 40.0 Å². The van der Waals surface area contributed by atoms with Gasteiger partial charge in [0.25, 0.3) is 0 Å². The lowest BCUT2D eigenvalue weighted by Gasteiger charge is -2.39. The molecule has 0 aliphatic carbocycles. The van der Waals surface area contributed by atoms with Gasteiger partial charge < -0.3 is 24.2 Å². The summed E-state index contributed by atoms with van der Waals surface area (Å²) in [5.74, 6) is 1.28. The molecule has 2 aliphatic rings. The summed E-state index contributed by atoms with van der Waals surface area (Å²) in [6.07, 6.45) is 4.22. The summed E-state index contributed by atoms with van der Waals surface area (Å²) >= 11 is 0. The molecule has 10 nitrogen and oxygen atoms in total. The Bertz CT molecular complexity index is 1190. The van der Waals surface area contributed by atoms with Gasteiger partial charge >= 0.3 is 6.09 Å². The van der Waals surface area contributed by atoms with E-state index in [9.17, 15) is 9.90 Å². The number of carbonyl (C=O) groups excluding carboxylic acids is 1. The number of rotatable bonds is 5. The summed E-state index contributed by atoms with van der Waals surface area (Å²) in [6.45, 7) is 7.82. The van der Waals surface area contributed by atoms with Crippen LogP contribution in [0, 0.1) is 5.92 Å². The number of amides is 1. The standard InChI is InChI=1S/C25H31N5O5/c1-25(2,3)35-24(32)29-13-16(14-29)15-34-23-19-12-26-30(20-6-4-5-11-33-20)22(19)27-21(28-23)17-7-9-18(31)10-8-17/h7-10,12,16,20,31H,4-6,11,13-15H2,1-3H3. The van der Waals surface area contributed by atoms with Crippen molar-refractivity contribution in [3.05, 3.63) is 30.5 Å². The van der Waals surface area contributed by atoms with Gasteiger partial charge in [0, 0.05) is 31.2 Å². The third kappa shape index (κ3) is 5.17. The zero-order valence-corrected chi connectivity index (χ0v) is 20.3. The Hall–Kier alpha value is -3.40. The molecule has 10 heteroatoms. The van der Waals surface area contributed by atoms with E-state index in [-0.39, 0.29) is 24.0 Å². The average Bonchev–Trinajstić information content (AvgIpc) is 3.22. The maximum atomic E-state index is 12.2. The van der Waals surface area contributed by atoms with Gasteiger partial charge in [0.05, 0.1) is 12.8 Å². The van der Waals surface area contributed by atoms with E-state index in [0.717, 1.165) is 24.8 Å². The fourth-order valence-electron chi connectivity index (χ4n) is 4.22. The molecule has 1 N–H and O–H groups in total. The molecule has 35 heavy (non-hydrogen) atoms. The first kappa shape index (κ1) is 23.3. The number of nitrogens with zero attached hydrogens (tertiary/aromatic N) is 5. The molecule has 0 saturated carbocycles. The van der Waals surface area contributed by atoms with Gasteiger partial charge in [-0.2, -0.15) is 10.1 Å². The Balaban J connectivity index is 1.36. The Kier molecular flexibility index (Phi) is 6.22. The molecule has 2 fully saturated rings. The maximum absolute atomic E-state index is 12.2. The molecule has 1 amide bonds. The maximum Gasteiger partial charge on any atom is 0.410 e. The van der Waals surface area contributed by atoms with Crippen molar-refractivity contribution in [3.63, 3.8) is 0 Å². The summed E-state index contributed by atoms with van der Waals surface area (Å²) < 4.78 is 19.3. The van der Waals surface area contributed by atoms with Crippen LogP contribution < -0.4 is 4.74 Å². The fraction of sp³-hybridized carbons (Fsp3) is 0.520. The topological polar surface area (TPSA) is 112 Å². The first-order chi connectivity index (χ1) is 16.8. The van der Waals surface area contributed by atoms with Crippen LogP contribution in [0.1, 0.15) is 46.3 Å². The SMILES string of the molecule is CC(C)(C)OC(=O)N1CC(COc2nc(-c3ccc(O)cc3)nc3c2cnn3C2CCCCO2)C1. The summed E-state index contributed by atoms with van der Waals surface area (Å²) in [7, 11) is 0.